The summed E-state index contributed by atoms with van der Waals surface area (Å²) < 4.78 is 0. The summed E-state index contributed by atoms with van der Waals surface area (Å²) in [6, 6.07) is -0.472. The maximum Gasteiger partial charge on any atom is 0.225 e. The van der Waals surface area contributed by atoms with Crippen molar-refractivity contribution in [2.45, 2.75) is 0 Å². The molecule has 0 bridgehead atoms. The van der Waals surface area contributed by atoms with Crippen LogP contribution in [0.5, 0.6) is 0 Å². The predicted octanol–water partition coefficient (Wildman–Crippen LogP) is -0.972. The van der Waals surface area contributed by atoms with E-state index in [1.165, 1.54) is 0 Å². The number of thiol groups is 1. The molecule has 0 unspecified atom stereocenters. The molecule has 0 spiro atoms. The van der Waals surface area contributed by atoms with Crippen LogP contribution in [-0.4, -0.2) is 13.8 Å². The first-order valence-corrected chi connectivity index (χ1v) is 1.44. The Morgan fingerprint density at radius 2 is 2.00 bits per heavy atom. The summed E-state index contributed by atoms with van der Waals surface area (Å²) in [7, 11) is 4.75. The van der Waals surface area contributed by atoms with E-state index in [1.54, 1.807) is 0 Å². The summed E-state index contributed by atoms with van der Waals surface area (Å²) >= 11 is 3.52. The van der Waals surface area contributed by atoms with Crippen LogP contribution in [0, 0.1) is 0 Å². The van der Waals surface area contributed by atoms with Crippen LogP contribution in [-0.2, 0) is 0 Å². The lowest BCUT2D eigenvalue weighted by atomic mass is 9.67. The first-order valence-electron chi connectivity index (χ1n) is 0.925. The largest absolute Gasteiger partial charge is 0.368 e. The van der Waals surface area contributed by atoms with Gasteiger partial charge < -0.3 is 5.64 Å². The average Bonchev–Trinajstić information content (AvgIpc) is 0.811. The van der Waals surface area contributed by atoms with Crippen LogP contribution in [0.3, 0.4) is 0 Å². The van der Waals surface area contributed by atoms with E-state index in [0.29, 0.717) is 0 Å². The van der Waals surface area contributed by atoms with E-state index in [0.717, 1.165) is 0 Å². The first kappa shape index (κ1) is 4.44. The van der Waals surface area contributed by atoms with Crippen molar-refractivity contribution < 1.29 is 0 Å². The summed E-state index contributed by atoms with van der Waals surface area (Å²) in [6.07, 6.45) is 0. The van der Waals surface area contributed by atoms with Gasteiger partial charge >= 0.3 is 0 Å². The van der Waals surface area contributed by atoms with Gasteiger partial charge in [-0.1, -0.05) is 0 Å². The van der Waals surface area contributed by atoms with E-state index in [1.807, 2.05) is 0 Å². The van der Waals surface area contributed by atoms with Gasteiger partial charge in [0.05, 0.1) is 7.74 Å². The van der Waals surface area contributed by atoms with Crippen LogP contribution in [0.15, 0.2) is 0 Å². The van der Waals surface area contributed by atoms with E-state index < -0.39 is 6.02 Å². The fourth-order valence-electron chi connectivity index (χ4n) is 0. The lowest BCUT2D eigenvalue weighted by Crippen LogP contribution is -2.17. The third-order valence-electron chi connectivity index (χ3n) is 0. The molecule has 0 heterocycles. The molecule has 4 heavy (non-hydrogen) atoms. The van der Waals surface area contributed by atoms with Crippen molar-refractivity contribution in [1.29, 1.82) is 0 Å². The van der Waals surface area contributed by atoms with Gasteiger partial charge in [0.1, 0.15) is 0 Å². The summed E-state index contributed by atoms with van der Waals surface area (Å²) in [5, 5.41) is 0. The smallest absolute Gasteiger partial charge is 0.225 e. The summed E-state index contributed by atoms with van der Waals surface area (Å²) in [5.41, 5.74) is 4.75. The maximum absolute atomic E-state index is 4.75. The molecule has 0 aliphatic heterocycles. The molecule has 0 fully saturated rings. The standard InChI is InChI=1S/B2H3NS/c1-2(3)4/h4H,3H2. The third kappa shape index (κ3) is 26.1. The van der Waals surface area contributed by atoms with Crippen LogP contribution in [0.25, 0.3) is 0 Å². The Hall–Kier alpha value is 0.440. The van der Waals surface area contributed by atoms with Gasteiger partial charge in [0.2, 0.25) is 6.02 Å². The lowest BCUT2D eigenvalue weighted by molar-refractivity contribution is 1.96. The van der Waals surface area contributed by atoms with Gasteiger partial charge in [-0.15, -0.1) is 0 Å². The number of hydrogen-bond donors (Lipinski definition) is 2. The third-order valence-corrected chi connectivity index (χ3v) is 0. The predicted molar refractivity (Wildman–Crippen MR) is 24.7 cm³/mol. The van der Waals surface area contributed by atoms with Crippen LogP contribution >= 0.6 is 12.5 Å². The first-order chi connectivity index (χ1) is 1.73. The summed E-state index contributed by atoms with van der Waals surface area (Å²) in [4.78, 5) is 0. The van der Waals surface area contributed by atoms with Gasteiger partial charge in [-0.3, -0.25) is 0 Å². The van der Waals surface area contributed by atoms with Gasteiger partial charge in [0, 0.05) is 0 Å². The quantitative estimate of drug-likeness (QED) is 0.278. The van der Waals surface area contributed by atoms with Crippen molar-refractivity contribution >= 4 is 26.2 Å². The molecule has 0 aromatic carbocycles. The Balaban J connectivity index is 2.32. The summed E-state index contributed by atoms with van der Waals surface area (Å²) in [6.45, 7) is 0. The number of nitrogens with two attached hydrogens (primary N) is 1. The zero-order valence-corrected chi connectivity index (χ0v) is 3.07. The van der Waals surface area contributed by atoms with Gasteiger partial charge in [0.25, 0.3) is 0 Å². The molecule has 0 amide bonds. The van der Waals surface area contributed by atoms with E-state index in [-0.39, 0.29) is 0 Å². The number of rotatable bonds is 0. The Morgan fingerprint density at radius 3 is 2.00 bits per heavy atom. The van der Waals surface area contributed by atoms with Crippen molar-refractivity contribution in [3.8, 4) is 0 Å². The van der Waals surface area contributed by atoms with E-state index in [2.05, 4.69) is 12.5 Å². The highest BCUT2D eigenvalue weighted by molar-refractivity contribution is 8.15. The minimum absolute atomic E-state index is 0.472. The van der Waals surface area contributed by atoms with Gasteiger partial charge in [-0.05, 0) is 0 Å². The van der Waals surface area contributed by atoms with E-state index >= 15 is 0 Å². The molecular formula is H3B2NS. The van der Waals surface area contributed by atoms with Crippen molar-refractivity contribution in [1.82, 2.24) is 0 Å². The zero-order chi connectivity index (χ0) is 3.58. The molecule has 0 aliphatic rings. The van der Waals surface area contributed by atoms with E-state index in [9.17, 15) is 0 Å². The molecule has 20 valence electrons. The molecule has 0 rings (SSSR count). The van der Waals surface area contributed by atoms with Crippen molar-refractivity contribution in [3.05, 3.63) is 0 Å². The van der Waals surface area contributed by atoms with Crippen LogP contribution in [0.1, 0.15) is 0 Å². The number of hydrogen-bond acceptors (Lipinski definition) is 2. The van der Waals surface area contributed by atoms with Crippen molar-refractivity contribution in [3.63, 3.8) is 0 Å². The Kier molecular flexibility index (Phi) is 1.92. The van der Waals surface area contributed by atoms with Gasteiger partial charge in [-0.2, -0.15) is 0 Å². The molecule has 2 N–H and O–H groups in total. The second-order valence-corrected chi connectivity index (χ2v) is 1.09. The van der Waals surface area contributed by atoms with Gasteiger partial charge in [0.15, 0.2) is 0 Å². The normalized spacial score (nSPS) is 6.50. The molecule has 1 nitrogen and oxygen atoms in total. The highest BCUT2D eigenvalue weighted by Gasteiger charge is 1.78. The second kappa shape index (κ2) is 1.73. The molecule has 2 radical (unpaired) electrons. The molecule has 0 saturated heterocycles. The minimum atomic E-state index is -0.472. The fraction of sp³-hybridized carbons (Fsp3) is 0. The minimum Gasteiger partial charge on any atom is -0.368 e. The molecule has 0 saturated carbocycles. The average molecular weight is 70.7 g/mol. The molecule has 0 aromatic rings. The topological polar surface area (TPSA) is 26.0 Å². The second-order valence-electron chi connectivity index (χ2n) is 0.491. The van der Waals surface area contributed by atoms with E-state index in [4.69, 9.17) is 13.4 Å². The van der Waals surface area contributed by atoms with Gasteiger partial charge in [-0.25, -0.2) is 12.5 Å². The maximum atomic E-state index is 4.75. The Labute approximate surface area is 32.7 Å². The highest BCUT2D eigenvalue weighted by atomic mass is 32.1. The highest BCUT2D eigenvalue weighted by Crippen LogP contribution is 1.58. The lowest BCUT2D eigenvalue weighted by Gasteiger charge is -1.73. The molecular weight excluding hydrogens is 67.7 g/mol. The summed E-state index contributed by atoms with van der Waals surface area (Å²) in [5.74, 6) is 0. The SMILES string of the molecule is [B]B(N)S. The molecule has 4 heteroatoms. The van der Waals surface area contributed by atoms with Crippen molar-refractivity contribution in [2.75, 3.05) is 0 Å². The van der Waals surface area contributed by atoms with Crippen LogP contribution in [0.4, 0.5) is 0 Å². The Morgan fingerprint density at radius 1 is 2.00 bits per heavy atom. The van der Waals surface area contributed by atoms with Crippen LogP contribution < -0.4 is 5.64 Å². The molecule has 0 aliphatic carbocycles. The Bertz CT molecular complexity index is 10.8. The monoisotopic (exact) mass is 71.0 g/mol. The fourth-order valence-corrected chi connectivity index (χ4v) is 0. The van der Waals surface area contributed by atoms with Crippen LogP contribution in [0.2, 0.25) is 0 Å². The van der Waals surface area contributed by atoms with Crippen molar-refractivity contribution in [2.24, 2.45) is 5.64 Å². The zero-order valence-electron chi connectivity index (χ0n) is 2.18. The molecule has 0 aromatic heterocycles. The molecule has 0 atom stereocenters.